The molecule has 0 bridgehead atoms. The van der Waals surface area contributed by atoms with Crippen molar-refractivity contribution in [3.63, 3.8) is 0 Å². The van der Waals surface area contributed by atoms with Crippen molar-refractivity contribution in [3.05, 3.63) is 71.8 Å². The first-order valence-corrected chi connectivity index (χ1v) is 7.55. The van der Waals surface area contributed by atoms with Crippen LogP contribution in [0.2, 0.25) is 0 Å². The summed E-state index contributed by atoms with van der Waals surface area (Å²) in [4.78, 5) is 0. The third kappa shape index (κ3) is 5.60. The van der Waals surface area contributed by atoms with Crippen molar-refractivity contribution in [2.75, 3.05) is 6.61 Å². The van der Waals surface area contributed by atoms with E-state index in [4.69, 9.17) is 9.47 Å². The highest BCUT2D eigenvalue weighted by Gasteiger charge is 2.28. The smallest absolute Gasteiger partial charge is 0.109 e. The maximum absolute atomic E-state index is 10.2. The van der Waals surface area contributed by atoms with Crippen LogP contribution < -0.4 is 0 Å². The lowest BCUT2D eigenvalue weighted by Gasteiger charge is -2.29. The molecule has 1 N–H and O–H groups in total. The van der Waals surface area contributed by atoms with Gasteiger partial charge in [-0.05, 0) is 25.0 Å². The SMILES string of the molecule is CC(C)(O)C(COCc1ccccc1)OCc1ccccc1. The van der Waals surface area contributed by atoms with Crippen LogP contribution in [-0.4, -0.2) is 23.4 Å². The Balaban J connectivity index is 1.84. The molecule has 1 atom stereocenters. The summed E-state index contributed by atoms with van der Waals surface area (Å²) in [6.45, 7) is 4.82. The van der Waals surface area contributed by atoms with Crippen LogP contribution in [0.1, 0.15) is 25.0 Å². The number of ether oxygens (including phenoxy) is 2. The summed E-state index contributed by atoms with van der Waals surface area (Å²) in [6.07, 6.45) is -0.378. The molecule has 0 radical (unpaired) electrons. The van der Waals surface area contributed by atoms with Crippen LogP contribution in [0.3, 0.4) is 0 Å². The highest BCUT2D eigenvalue weighted by atomic mass is 16.5. The average molecular weight is 300 g/mol. The summed E-state index contributed by atoms with van der Waals surface area (Å²) in [5.41, 5.74) is 1.24. The lowest BCUT2D eigenvalue weighted by molar-refractivity contribution is -0.128. The minimum atomic E-state index is -0.953. The summed E-state index contributed by atoms with van der Waals surface area (Å²) in [7, 11) is 0. The first-order chi connectivity index (χ1) is 10.6. The highest BCUT2D eigenvalue weighted by Crippen LogP contribution is 2.16. The van der Waals surface area contributed by atoms with E-state index in [1.165, 1.54) is 0 Å². The predicted octanol–water partition coefficient (Wildman–Crippen LogP) is 3.56. The molecular formula is C19H24O3. The van der Waals surface area contributed by atoms with Crippen molar-refractivity contribution < 1.29 is 14.6 Å². The van der Waals surface area contributed by atoms with E-state index in [2.05, 4.69) is 0 Å². The largest absolute Gasteiger partial charge is 0.388 e. The fourth-order valence-electron chi connectivity index (χ4n) is 2.09. The van der Waals surface area contributed by atoms with Gasteiger partial charge in [0.25, 0.3) is 0 Å². The van der Waals surface area contributed by atoms with Gasteiger partial charge in [0.1, 0.15) is 6.10 Å². The Labute approximate surface area is 132 Å². The molecule has 0 fully saturated rings. The van der Waals surface area contributed by atoms with Crippen molar-refractivity contribution in [1.82, 2.24) is 0 Å². The van der Waals surface area contributed by atoms with Gasteiger partial charge in [0.15, 0.2) is 0 Å². The number of hydrogen-bond donors (Lipinski definition) is 1. The van der Waals surface area contributed by atoms with Gasteiger partial charge in [-0.15, -0.1) is 0 Å². The van der Waals surface area contributed by atoms with E-state index >= 15 is 0 Å². The van der Waals surface area contributed by atoms with Gasteiger partial charge in [-0.1, -0.05) is 60.7 Å². The molecule has 3 nitrogen and oxygen atoms in total. The monoisotopic (exact) mass is 300 g/mol. The molecule has 0 saturated heterocycles. The molecule has 0 heterocycles. The van der Waals surface area contributed by atoms with Crippen LogP contribution in [0, 0.1) is 0 Å². The zero-order valence-electron chi connectivity index (χ0n) is 13.2. The lowest BCUT2D eigenvalue weighted by Crippen LogP contribution is -2.41. The average Bonchev–Trinajstić information content (AvgIpc) is 2.51. The molecule has 2 aromatic rings. The summed E-state index contributed by atoms with van der Waals surface area (Å²) in [6, 6.07) is 19.9. The van der Waals surface area contributed by atoms with Crippen LogP contribution in [0.15, 0.2) is 60.7 Å². The number of hydrogen-bond acceptors (Lipinski definition) is 3. The van der Waals surface area contributed by atoms with E-state index in [-0.39, 0.29) is 6.10 Å². The number of aliphatic hydroxyl groups is 1. The van der Waals surface area contributed by atoms with Crippen LogP contribution in [0.4, 0.5) is 0 Å². The van der Waals surface area contributed by atoms with Gasteiger partial charge < -0.3 is 14.6 Å². The van der Waals surface area contributed by atoms with E-state index in [1.807, 2.05) is 60.7 Å². The quantitative estimate of drug-likeness (QED) is 0.810. The second kappa shape index (κ2) is 8.08. The van der Waals surface area contributed by atoms with Crippen LogP contribution >= 0.6 is 0 Å². The minimum absolute atomic E-state index is 0.352. The van der Waals surface area contributed by atoms with E-state index in [9.17, 15) is 5.11 Å². The van der Waals surface area contributed by atoms with Crippen LogP contribution in [0.25, 0.3) is 0 Å². The molecule has 22 heavy (non-hydrogen) atoms. The normalized spacial score (nSPS) is 13.0. The zero-order chi connectivity index (χ0) is 15.8. The number of benzene rings is 2. The summed E-state index contributed by atoms with van der Waals surface area (Å²) in [5.74, 6) is 0. The summed E-state index contributed by atoms with van der Waals surface area (Å²) >= 11 is 0. The highest BCUT2D eigenvalue weighted by molar-refractivity contribution is 5.14. The molecular weight excluding hydrogens is 276 g/mol. The third-order valence-electron chi connectivity index (χ3n) is 3.46. The zero-order valence-corrected chi connectivity index (χ0v) is 13.2. The van der Waals surface area contributed by atoms with Gasteiger partial charge in [-0.2, -0.15) is 0 Å². The molecule has 3 heteroatoms. The molecule has 0 aliphatic heterocycles. The minimum Gasteiger partial charge on any atom is -0.388 e. The lowest BCUT2D eigenvalue weighted by atomic mass is 10.0. The van der Waals surface area contributed by atoms with Gasteiger partial charge in [-0.3, -0.25) is 0 Å². The number of rotatable bonds is 8. The Morgan fingerprint density at radius 1 is 0.864 bits per heavy atom. The summed E-state index contributed by atoms with van der Waals surface area (Å²) in [5, 5.41) is 10.2. The maximum Gasteiger partial charge on any atom is 0.109 e. The molecule has 0 amide bonds. The van der Waals surface area contributed by atoms with Crippen molar-refractivity contribution in [3.8, 4) is 0 Å². The Morgan fingerprint density at radius 3 is 1.86 bits per heavy atom. The molecule has 0 spiro atoms. The molecule has 0 aromatic heterocycles. The second-order valence-electron chi connectivity index (χ2n) is 5.94. The second-order valence-corrected chi connectivity index (χ2v) is 5.94. The standard InChI is InChI=1S/C19H24O3/c1-19(2,20)18(22-14-17-11-7-4-8-12-17)15-21-13-16-9-5-3-6-10-16/h3-12,18,20H,13-15H2,1-2H3. The molecule has 118 valence electrons. The van der Waals surface area contributed by atoms with Gasteiger partial charge in [0.2, 0.25) is 0 Å². The Morgan fingerprint density at radius 2 is 1.36 bits per heavy atom. The maximum atomic E-state index is 10.2. The van der Waals surface area contributed by atoms with Crippen molar-refractivity contribution >= 4 is 0 Å². The molecule has 1 unspecified atom stereocenters. The molecule has 0 aliphatic rings. The fraction of sp³-hybridized carbons (Fsp3) is 0.368. The van der Waals surface area contributed by atoms with E-state index in [0.29, 0.717) is 19.8 Å². The van der Waals surface area contributed by atoms with Crippen LogP contribution in [0.5, 0.6) is 0 Å². The fourth-order valence-corrected chi connectivity index (χ4v) is 2.09. The Bertz CT molecular complexity index is 532. The first kappa shape index (κ1) is 16.7. The van der Waals surface area contributed by atoms with Crippen molar-refractivity contribution in [2.45, 2.75) is 38.8 Å². The van der Waals surface area contributed by atoms with Gasteiger partial charge in [0, 0.05) is 0 Å². The third-order valence-corrected chi connectivity index (χ3v) is 3.46. The van der Waals surface area contributed by atoms with Crippen molar-refractivity contribution in [2.24, 2.45) is 0 Å². The predicted molar refractivity (Wildman–Crippen MR) is 87.4 cm³/mol. The van der Waals surface area contributed by atoms with Gasteiger partial charge >= 0.3 is 0 Å². The Kier molecular flexibility index (Phi) is 6.13. The Hall–Kier alpha value is -1.68. The van der Waals surface area contributed by atoms with Crippen molar-refractivity contribution in [1.29, 1.82) is 0 Å². The first-order valence-electron chi connectivity index (χ1n) is 7.55. The van der Waals surface area contributed by atoms with E-state index < -0.39 is 5.60 Å². The molecule has 2 rings (SSSR count). The topological polar surface area (TPSA) is 38.7 Å². The van der Waals surface area contributed by atoms with E-state index in [0.717, 1.165) is 11.1 Å². The van der Waals surface area contributed by atoms with Gasteiger partial charge in [0.05, 0.1) is 25.4 Å². The molecule has 2 aromatic carbocycles. The molecule has 0 saturated carbocycles. The summed E-state index contributed by atoms with van der Waals surface area (Å²) < 4.78 is 11.6. The van der Waals surface area contributed by atoms with E-state index in [1.54, 1.807) is 13.8 Å². The van der Waals surface area contributed by atoms with Crippen LogP contribution in [-0.2, 0) is 22.7 Å². The molecule has 0 aliphatic carbocycles. The van der Waals surface area contributed by atoms with Gasteiger partial charge in [-0.25, -0.2) is 0 Å².